The molecule has 0 amide bonds. The third kappa shape index (κ3) is 3.79. The van der Waals surface area contributed by atoms with E-state index in [0.29, 0.717) is 29.8 Å². The van der Waals surface area contributed by atoms with E-state index in [2.05, 4.69) is 47.6 Å². The summed E-state index contributed by atoms with van der Waals surface area (Å²) in [6.45, 7) is 2.30. The summed E-state index contributed by atoms with van der Waals surface area (Å²) >= 11 is 3.37. The zero-order valence-corrected chi connectivity index (χ0v) is 13.1. The molecule has 108 valence electrons. The lowest BCUT2D eigenvalue weighted by Crippen LogP contribution is -2.07. The van der Waals surface area contributed by atoms with Crippen LogP contribution in [0.1, 0.15) is 12.5 Å². The Morgan fingerprint density at radius 1 is 1.29 bits per heavy atom. The van der Waals surface area contributed by atoms with Crippen LogP contribution in [0.3, 0.4) is 0 Å². The summed E-state index contributed by atoms with van der Waals surface area (Å²) in [7, 11) is 1.70. The van der Waals surface area contributed by atoms with Gasteiger partial charge in [0.1, 0.15) is 6.07 Å². The minimum atomic E-state index is 0.216. The number of rotatable bonds is 5. The number of nitriles is 1. The van der Waals surface area contributed by atoms with Crippen LogP contribution in [0.4, 0.5) is 17.6 Å². The van der Waals surface area contributed by atoms with Crippen LogP contribution in [-0.4, -0.2) is 28.6 Å². The zero-order chi connectivity index (χ0) is 15.2. The first-order valence-corrected chi connectivity index (χ1v) is 6.99. The lowest BCUT2D eigenvalue weighted by Gasteiger charge is -2.10. The first-order valence-electron chi connectivity index (χ1n) is 6.19. The molecule has 7 nitrogen and oxygen atoms in total. The number of hydrogen-bond donors (Lipinski definition) is 2. The van der Waals surface area contributed by atoms with Crippen LogP contribution in [0.25, 0.3) is 0 Å². The summed E-state index contributed by atoms with van der Waals surface area (Å²) in [5.41, 5.74) is 1.09. The molecule has 1 aromatic carbocycles. The normalized spacial score (nSPS) is 9.81. The number of hydrogen-bond acceptors (Lipinski definition) is 7. The number of nitrogens with one attached hydrogen (secondary N) is 2. The average molecular weight is 349 g/mol. The van der Waals surface area contributed by atoms with Gasteiger partial charge in [-0.1, -0.05) is 15.9 Å². The summed E-state index contributed by atoms with van der Waals surface area (Å²) in [6, 6.07) is 7.60. The van der Waals surface area contributed by atoms with E-state index >= 15 is 0 Å². The molecule has 21 heavy (non-hydrogen) atoms. The van der Waals surface area contributed by atoms with Crippen molar-refractivity contribution in [1.29, 1.82) is 5.26 Å². The topological polar surface area (TPSA) is 95.8 Å². The van der Waals surface area contributed by atoms with Crippen molar-refractivity contribution in [3.05, 3.63) is 28.2 Å². The molecule has 0 aliphatic heterocycles. The van der Waals surface area contributed by atoms with Crippen LogP contribution in [-0.2, 0) is 0 Å². The number of nitrogens with zero attached hydrogens (tertiary/aromatic N) is 4. The van der Waals surface area contributed by atoms with Gasteiger partial charge in [0.2, 0.25) is 11.9 Å². The number of halogens is 1. The SMILES string of the molecule is CCOc1nc(NC)nc(Nc2cc(Br)ccc2C#N)n1. The van der Waals surface area contributed by atoms with E-state index in [9.17, 15) is 0 Å². The van der Waals surface area contributed by atoms with Crippen molar-refractivity contribution in [2.75, 3.05) is 24.3 Å². The van der Waals surface area contributed by atoms with Crippen molar-refractivity contribution in [3.63, 3.8) is 0 Å². The standard InChI is InChI=1S/C13H13BrN6O/c1-3-21-13-19-11(16-2)18-12(20-13)17-10-6-9(14)5-4-8(10)7-15/h4-6H,3H2,1-2H3,(H2,16,17,18,19,20). The maximum Gasteiger partial charge on any atom is 0.323 e. The molecule has 0 saturated heterocycles. The van der Waals surface area contributed by atoms with Gasteiger partial charge in [0, 0.05) is 11.5 Å². The maximum atomic E-state index is 9.13. The predicted molar refractivity (Wildman–Crippen MR) is 82.7 cm³/mol. The summed E-state index contributed by atoms with van der Waals surface area (Å²) in [5.74, 6) is 0.678. The molecule has 1 aromatic heterocycles. The molecule has 0 unspecified atom stereocenters. The number of aromatic nitrogens is 3. The molecule has 0 bridgehead atoms. The molecular weight excluding hydrogens is 336 g/mol. The van der Waals surface area contributed by atoms with E-state index in [-0.39, 0.29) is 6.01 Å². The molecule has 1 heterocycles. The molecule has 0 aliphatic rings. The third-order valence-electron chi connectivity index (χ3n) is 2.46. The first-order chi connectivity index (χ1) is 10.2. The molecule has 0 atom stereocenters. The second kappa shape index (κ2) is 6.85. The second-order valence-electron chi connectivity index (χ2n) is 3.87. The largest absolute Gasteiger partial charge is 0.464 e. The van der Waals surface area contributed by atoms with Crippen molar-refractivity contribution in [1.82, 2.24) is 15.0 Å². The highest BCUT2D eigenvalue weighted by Crippen LogP contribution is 2.24. The maximum absolute atomic E-state index is 9.13. The summed E-state index contributed by atoms with van der Waals surface area (Å²) in [5, 5.41) is 15.0. The molecule has 0 aliphatic carbocycles. The Hall–Kier alpha value is -2.40. The Balaban J connectivity index is 2.37. The van der Waals surface area contributed by atoms with E-state index in [4.69, 9.17) is 10.00 Å². The van der Waals surface area contributed by atoms with Crippen molar-refractivity contribution < 1.29 is 4.74 Å². The van der Waals surface area contributed by atoms with Gasteiger partial charge in [0.05, 0.1) is 17.9 Å². The monoisotopic (exact) mass is 348 g/mol. The Morgan fingerprint density at radius 3 is 2.71 bits per heavy atom. The van der Waals surface area contributed by atoms with E-state index < -0.39 is 0 Å². The van der Waals surface area contributed by atoms with Crippen LogP contribution in [0.5, 0.6) is 6.01 Å². The lowest BCUT2D eigenvalue weighted by molar-refractivity contribution is 0.312. The third-order valence-corrected chi connectivity index (χ3v) is 2.95. The van der Waals surface area contributed by atoms with Gasteiger partial charge in [0.25, 0.3) is 0 Å². The van der Waals surface area contributed by atoms with E-state index in [1.807, 2.05) is 6.92 Å². The first kappa shape index (κ1) is 15.0. The van der Waals surface area contributed by atoms with E-state index in [0.717, 1.165) is 4.47 Å². The number of benzene rings is 1. The molecule has 0 saturated carbocycles. The minimum Gasteiger partial charge on any atom is -0.464 e. The van der Waals surface area contributed by atoms with Gasteiger partial charge in [-0.3, -0.25) is 0 Å². The summed E-state index contributed by atoms with van der Waals surface area (Å²) in [6.07, 6.45) is 0. The average Bonchev–Trinajstić information content (AvgIpc) is 2.47. The second-order valence-corrected chi connectivity index (χ2v) is 4.79. The van der Waals surface area contributed by atoms with Crippen LogP contribution < -0.4 is 15.4 Å². The van der Waals surface area contributed by atoms with Gasteiger partial charge < -0.3 is 15.4 Å². The molecule has 0 radical (unpaired) electrons. The van der Waals surface area contributed by atoms with Gasteiger partial charge in [-0.05, 0) is 25.1 Å². The van der Waals surface area contributed by atoms with Crippen LogP contribution in [0, 0.1) is 11.3 Å². The van der Waals surface area contributed by atoms with Crippen LogP contribution >= 0.6 is 15.9 Å². The fraction of sp³-hybridized carbons (Fsp3) is 0.231. The highest BCUT2D eigenvalue weighted by atomic mass is 79.9. The minimum absolute atomic E-state index is 0.216. The smallest absolute Gasteiger partial charge is 0.323 e. The Bertz CT molecular complexity index is 685. The fourth-order valence-electron chi connectivity index (χ4n) is 1.56. The van der Waals surface area contributed by atoms with Crippen molar-refractivity contribution >= 4 is 33.5 Å². The summed E-state index contributed by atoms with van der Waals surface area (Å²) in [4.78, 5) is 12.4. The molecule has 0 spiro atoms. The Kier molecular flexibility index (Phi) is 4.90. The zero-order valence-electron chi connectivity index (χ0n) is 11.5. The Labute approximate surface area is 130 Å². The lowest BCUT2D eigenvalue weighted by atomic mass is 10.2. The van der Waals surface area contributed by atoms with Gasteiger partial charge in [0.15, 0.2) is 0 Å². The van der Waals surface area contributed by atoms with E-state index in [1.54, 1.807) is 25.2 Å². The van der Waals surface area contributed by atoms with Crippen LogP contribution in [0.2, 0.25) is 0 Å². The predicted octanol–water partition coefficient (Wildman–Crippen LogP) is 2.69. The molecule has 2 rings (SSSR count). The summed E-state index contributed by atoms with van der Waals surface area (Å²) < 4.78 is 6.13. The highest BCUT2D eigenvalue weighted by Gasteiger charge is 2.09. The molecular formula is C13H13BrN6O. The number of anilines is 3. The van der Waals surface area contributed by atoms with E-state index in [1.165, 1.54) is 0 Å². The van der Waals surface area contributed by atoms with Gasteiger partial charge in [-0.2, -0.15) is 20.2 Å². The molecule has 2 N–H and O–H groups in total. The molecule has 0 fully saturated rings. The van der Waals surface area contributed by atoms with Gasteiger partial charge in [-0.15, -0.1) is 0 Å². The van der Waals surface area contributed by atoms with Gasteiger partial charge >= 0.3 is 6.01 Å². The molecule has 2 aromatic rings. The van der Waals surface area contributed by atoms with Crippen molar-refractivity contribution in [2.24, 2.45) is 0 Å². The fourth-order valence-corrected chi connectivity index (χ4v) is 1.92. The van der Waals surface area contributed by atoms with Gasteiger partial charge in [-0.25, -0.2) is 0 Å². The number of ether oxygens (including phenoxy) is 1. The highest BCUT2D eigenvalue weighted by molar-refractivity contribution is 9.10. The van der Waals surface area contributed by atoms with Crippen molar-refractivity contribution in [3.8, 4) is 12.1 Å². The van der Waals surface area contributed by atoms with Crippen molar-refractivity contribution in [2.45, 2.75) is 6.92 Å². The molecule has 8 heteroatoms. The quantitative estimate of drug-likeness (QED) is 0.857. The Morgan fingerprint density at radius 2 is 2.05 bits per heavy atom. The van der Waals surface area contributed by atoms with Crippen LogP contribution in [0.15, 0.2) is 22.7 Å².